The summed E-state index contributed by atoms with van der Waals surface area (Å²) in [6.07, 6.45) is 6.85. The molecule has 1 fully saturated rings. The number of ether oxygens (including phenoxy) is 1. The van der Waals surface area contributed by atoms with Crippen LogP contribution in [0.5, 0.6) is 0 Å². The third-order valence-corrected chi connectivity index (χ3v) is 3.38. The van der Waals surface area contributed by atoms with Gasteiger partial charge in [0.15, 0.2) is 0 Å². The van der Waals surface area contributed by atoms with E-state index >= 15 is 0 Å². The first kappa shape index (κ1) is 12.2. The van der Waals surface area contributed by atoms with Gasteiger partial charge in [0.2, 0.25) is 0 Å². The lowest BCUT2D eigenvalue weighted by Gasteiger charge is -2.19. The first-order valence-electron chi connectivity index (χ1n) is 6.73. The number of anilines is 1. The van der Waals surface area contributed by atoms with E-state index in [-0.39, 0.29) is 0 Å². The van der Waals surface area contributed by atoms with Crippen molar-refractivity contribution in [2.24, 2.45) is 0 Å². The lowest BCUT2D eigenvalue weighted by atomic mass is 10.1. The van der Waals surface area contributed by atoms with E-state index in [4.69, 9.17) is 4.74 Å². The minimum atomic E-state index is 0.465. The van der Waals surface area contributed by atoms with Gasteiger partial charge in [0.25, 0.3) is 0 Å². The molecule has 2 aromatic rings. The molecule has 2 heterocycles. The maximum Gasteiger partial charge on any atom is 0.0894 e. The molecule has 0 saturated carbocycles. The fourth-order valence-electron chi connectivity index (χ4n) is 2.40. The highest BCUT2D eigenvalue weighted by atomic mass is 16.5. The van der Waals surface area contributed by atoms with Crippen LogP contribution in [0.3, 0.4) is 0 Å². The fourth-order valence-corrected chi connectivity index (χ4v) is 2.40. The molecular formula is C14H18N4O. The van der Waals surface area contributed by atoms with Gasteiger partial charge in [0, 0.05) is 19.3 Å². The largest absolute Gasteiger partial charge is 0.381 e. The molecule has 100 valence electrons. The quantitative estimate of drug-likeness (QED) is 0.917. The van der Waals surface area contributed by atoms with Crippen LogP contribution in [-0.2, 0) is 4.74 Å². The molecular weight excluding hydrogens is 240 g/mol. The summed E-state index contributed by atoms with van der Waals surface area (Å²) >= 11 is 0. The van der Waals surface area contributed by atoms with E-state index in [1.165, 1.54) is 0 Å². The van der Waals surface area contributed by atoms with Crippen molar-refractivity contribution in [3.05, 3.63) is 36.7 Å². The normalized spacial score (nSPS) is 19.9. The Kier molecular flexibility index (Phi) is 3.74. The topological polar surface area (TPSA) is 52.0 Å². The zero-order valence-electron chi connectivity index (χ0n) is 10.8. The van der Waals surface area contributed by atoms with Crippen LogP contribution in [0.15, 0.2) is 36.7 Å². The Labute approximate surface area is 112 Å². The third-order valence-electron chi connectivity index (χ3n) is 3.38. The zero-order chi connectivity index (χ0) is 12.9. The maximum atomic E-state index is 5.50. The standard InChI is InChI=1S/C14H18N4O/c1-2-6-14(18-9-8-15-17-18)13(5-1)16-12-4-3-10-19-11-7-12/h1-2,5-6,8-9,12,16H,3-4,7,10-11H2. The maximum absolute atomic E-state index is 5.50. The van der Waals surface area contributed by atoms with Gasteiger partial charge in [-0.05, 0) is 31.4 Å². The Hall–Kier alpha value is -1.88. The smallest absolute Gasteiger partial charge is 0.0894 e. The average Bonchev–Trinajstić information content (AvgIpc) is 2.85. The molecule has 0 radical (unpaired) electrons. The molecule has 1 aromatic carbocycles. The van der Waals surface area contributed by atoms with E-state index in [2.05, 4.69) is 21.7 Å². The molecule has 1 saturated heterocycles. The number of aromatic nitrogens is 3. The second-order valence-corrected chi connectivity index (χ2v) is 4.75. The van der Waals surface area contributed by atoms with Gasteiger partial charge < -0.3 is 10.1 Å². The molecule has 0 amide bonds. The number of nitrogens with one attached hydrogen (secondary N) is 1. The van der Waals surface area contributed by atoms with Gasteiger partial charge in [-0.2, -0.15) is 0 Å². The Balaban J connectivity index is 1.80. The van der Waals surface area contributed by atoms with Gasteiger partial charge in [0.05, 0.1) is 23.8 Å². The van der Waals surface area contributed by atoms with Crippen molar-refractivity contribution < 1.29 is 4.74 Å². The molecule has 0 spiro atoms. The Morgan fingerprint density at radius 2 is 2.16 bits per heavy atom. The van der Waals surface area contributed by atoms with Gasteiger partial charge in [-0.3, -0.25) is 0 Å². The van der Waals surface area contributed by atoms with Crippen LogP contribution >= 0.6 is 0 Å². The molecule has 1 aliphatic heterocycles. The van der Waals surface area contributed by atoms with Crippen molar-refractivity contribution in [2.45, 2.75) is 25.3 Å². The van der Waals surface area contributed by atoms with E-state index in [1.54, 1.807) is 10.9 Å². The summed E-state index contributed by atoms with van der Waals surface area (Å²) in [7, 11) is 0. The van der Waals surface area contributed by atoms with E-state index < -0.39 is 0 Å². The van der Waals surface area contributed by atoms with Gasteiger partial charge in [-0.15, -0.1) is 5.10 Å². The SMILES string of the molecule is c1ccc(-n2ccnn2)c(NC2CCCOCC2)c1. The zero-order valence-corrected chi connectivity index (χ0v) is 10.8. The van der Waals surface area contributed by atoms with E-state index in [9.17, 15) is 0 Å². The summed E-state index contributed by atoms with van der Waals surface area (Å²) in [4.78, 5) is 0. The monoisotopic (exact) mass is 258 g/mol. The lowest BCUT2D eigenvalue weighted by Crippen LogP contribution is -2.20. The Morgan fingerprint density at radius 3 is 3.05 bits per heavy atom. The number of rotatable bonds is 3. The molecule has 3 rings (SSSR count). The summed E-state index contributed by atoms with van der Waals surface area (Å²) in [5.41, 5.74) is 2.13. The molecule has 1 N–H and O–H groups in total. The lowest BCUT2D eigenvalue weighted by molar-refractivity contribution is 0.144. The molecule has 0 aliphatic carbocycles. The summed E-state index contributed by atoms with van der Waals surface area (Å²) in [6.45, 7) is 1.71. The molecule has 1 atom stereocenters. The summed E-state index contributed by atoms with van der Waals surface area (Å²) in [5, 5.41) is 11.5. The van der Waals surface area contributed by atoms with Crippen LogP contribution in [0.1, 0.15) is 19.3 Å². The molecule has 5 nitrogen and oxygen atoms in total. The minimum absolute atomic E-state index is 0.465. The number of para-hydroxylation sites is 2. The van der Waals surface area contributed by atoms with Crippen LogP contribution in [0.2, 0.25) is 0 Å². The van der Waals surface area contributed by atoms with Crippen LogP contribution in [0, 0.1) is 0 Å². The molecule has 1 unspecified atom stereocenters. The van der Waals surface area contributed by atoms with Gasteiger partial charge in [-0.1, -0.05) is 17.3 Å². The third kappa shape index (κ3) is 2.93. The van der Waals surface area contributed by atoms with Gasteiger partial charge in [0.1, 0.15) is 0 Å². The molecule has 1 aromatic heterocycles. The Bertz CT molecular complexity index is 504. The van der Waals surface area contributed by atoms with Crippen molar-refractivity contribution in [3.63, 3.8) is 0 Å². The number of nitrogens with zero attached hydrogens (tertiary/aromatic N) is 3. The first-order chi connectivity index (χ1) is 9.43. The van der Waals surface area contributed by atoms with Gasteiger partial charge in [-0.25, -0.2) is 4.68 Å². The van der Waals surface area contributed by atoms with Crippen molar-refractivity contribution in [3.8, 4) is 5.69 Å². The summed E-state index contributed by atoms with van der Waals surface area (Å²) < 4.78 is 7.28. The average molecular weight is 258 g/mol. The minimum Gasteiger partial charge on any atom is -0.381 e. The van der Waals surface area contributed by atoms with Gasteiger partial charge >= 0.3 is 0 Å². The van der Waals surface area contributed by atoms with E-state index in [1.807, 2.05) is 24.4 Å². The van der Waals surface area contributed by atoms with Crippen LogP contribution in [0.4, 0.5) is 5.69 Å². The highest BCUT2D eigenvalue weighted by Gasteiger charge is 2.14. The van der Waals surface area contributed by atoms with Crippen molar-refractivity contribution in [2.75, 3.05) is 18.5 Å². The Morgan fingerprint density at radius 1 is 1.21 bits per heavy atom. The molecule has 1 aliphatic rings. The van der Waals surface area contributed by atoms with E-state index in [0.717, 1.165) is 43.9 Å². The number of hydrogen-bond acceptors (Lipinski definition) is 4. The number of hydrogen-bond donors (Lipinski definition) is 1. The first-order valence-corrected chi connectivity index (χ1v) is 6.73. The predicted octanol–water partition coefficient (Wildman–Crippen LogP) is 2.25. The highest BCUT2D eigenvalue weighted by Crippen LogP contribution is 2.22. The second kappa shape index (κ2) is 5.84. The summed E-state index contributed by atoms with van der Waals surface area (Å²) in [6, 6.07) is 8.65. The van der Waals surface area contributed by atoms with Crippen LogP contribution < -0.4 is 5.32 Å². The number of benzene rings is 1. The van der Waals surface area contributed by atoms with Crippen molar-refractivity contribution in [1.82, 2.24) is 15.0 Å². The highest BCUT2D eigenvalue weighted by molar-refractivity contribution is 5.60. The molecule has 0 bridgehead atoms. The molecule has 5 heteroatoms. The molecule has 19 heavy (non-hydrogen) atoms. The predicted molar refractivity (Wildman–Crippen MR) is 73.4 cm³/mol. The van der Waals surface area contributed by atoms with Crippen molar-refractivity contribution in [1.29, 1.82) is 0 Å². The van der Waals surface area contributed by atoms with E-state index in [0.29, 0.717) is 6.04 Å². The van der Waals surface area contributed by atoms with Crippen LogP contribution in [-0.4, -0.2) is 34.2 Å². The fraction of sp³-hybridized carbons (Fsp3) is 0.429. The summed E-state index contributed by atoms with van der Waals surface area (Å²) in [5.74, 6) is 0. The second-order valence-electron chi connectivity index (χ2n) is 4.75. The van der Waals surface area contributed by atoms with Crippen LogP contribution in [0.25, 0.3) is 5.69 Å². The van der Waals surface area contributed by atoms with Crippen molar-refractivity contribution >= 4 is 5.69 Å².